The number of ether oxygens (including phenoxy) is 3. The van der Waals surface area contributed by atoms with Crippen molar-refractivity contribution in [1.82, 2.24) is 0 Å². The summed E-state index contributed by atoms with van der Waals surface area (Å²) < 4.78 is 15.8. The number of hydrogen-bond acceptors (Lipinski definition) is 6. The van der Waals surface area contributed by atoms with Gasteiger partial charge in [0.1, 0.15) is 11.5 Å². The summed E-state index contributed by atoms with van der Waals surface area (Å²) in [6.07, 6.45) is 3.80. The molecule has 2 aromatic rings. The molecule has 0 saturated heterocycles. The molecule has 0 N–H and O–H groups in total. The molecule has 0 aliphatic heterocycles. The van der Waals surface area contributed by atoms with Crippen molar-refractivity contribution in [2.24, 2.45) is 5.92 Å². The van der Waals surface area contributed by atoms with Crippen molar-refractivity contribution in [3.8, 4) is 17.2 Å². The van der Waals surface area contributed by atoms with Crippen LogP contribution in [0.15, 0.2) is 47.4 Å². The molecule has 1 saturated carbocycles. The number of benzene rings is 2. The van der Waals surface area contributed by atoms with E-state index in [9.17, 15) is 9.59 Å². The summed E-state index contributed by atoms with van der Waals surface area (Å²) in [5.74, 6) is 2.35. The van der Waals surface area contributed by atoms with E-state index < -0.39 is 0 Å². The van der Waals surface area contributed by atoms with Crippen LogP contribution in [0.25, 0.3) is 5.57 Å². The summed E-state index contributed by atoms with van der Waals surface area (Å²) in [6.45, 7) is 0. The maximum Gasteiger partial charge on any atom is 0.161 e. The molecule has 1 fully saturated rings. The lowest BCUT2D eigenvalue weighted by Gasteiger charge is -2.12. The fraction of sp³-hybridized carbons (Fsp3) is 0.333. The maximum atomic E-state index is 12.9. The fourth-order valence-corrected chi connectivity index (χ4v) is 4.31. The molecule has 0 bridgehead atoms. The van der Waals surface area contributed by atoms with Crippen molar-refractivity contribution in [2.75, 3.05) is 27.6 Å². The van der Waals surface area contributed by atoms with E-state index in [1.54, 1.807) is 33.5 Å². The predicted molar refractivity (Wildman–Crippen MR) is 120 cm³/mol. The third-order valence-electron chi connectivity index (χ3n) is 5.44. The molecule has 0 aromatic heterocycles. The lowest BCUT2D eigenvalue weighted by atomic mass is 10.0. The Morgan fingerprint density at radius 1 is 1.03 bits per heavy atom. The summed E-state index contributed by atoms with van der Waals surface area (Å²) in [4.78, 5) is 25.6. The molecule has 0 spiro atoms. The highest BCUT2D eigenvalue weighted by atomic mass is 32.2. The molecule has 1 aliphatic carbocycles. The molecule has 3 rings (SSSR count). The van der Waals surface area contributed by atoms with E-state index in [-0.39, 0.29) is 24.0 Å². The number of carbonyl (C=O) groups is 2. The van der Waals surface area contributed by atoms with Crippen molar-refractivity contribution in [3.05, 3.63) is 58.5 Å². The molecule has 2 unspecified atom stereocenters. The Hall–Kier alpha value is -2.73. The zero-order chi connectivity index (χ0) is 21.7. The van der Waals surface area contributed by atoms with Crippen LogP contribution in [0.1, 0.15) is 29.9 Å². The molecule has 158 valence electrons. The number of ketones is 1. The van der Waals surface area contributed by atoms with Crippen LogP contribution >= 0.6 is 11.8 Å². The summed E-state index contributed by atoms with van der Waals surface area (Å²) in [5, 5.41) is 0. The van der Waals surface area contributed by atoms with Gasteiger partial charge in [-0.05, 0) is 54.0 Å². The van der Waals surface area contributed by atoms with Crippen LogP contribution in [0.4, 0.5) is 0 Å². The first-order valence-corrected chi connectivity index (χ1v) is 10.9. The van der Waals surface area contributed by atoms with Gasteiger partial charge in [0.05, 0.1) is 21.3 Å². The number of hydrogen-bond donors (Lipinski definition) is 0. The summed E-state index contributed by atoms with van der Waals surface area (Å²) in [6, 6.07) is 13.2. The molecule has 30 heavy (non-hydrogen) atoms. The Morgan fingerprint density at radius 2 is 1.73 bits per heavy atom. The molecular formula is C24H26O5S. The van der Waals surface area contributed by atoms with Gasteiger partial charge in [0.25, 0.3) is 0 Å². The smallest absolute Gasteiger partial charge is 0.161 e. The highest BCUT2D eigenvalue weighted by Gasteiger charge is 2.43. The van der Waals surface area contributed by atoms with E-state index in [1.165, 1.54) is 11.8 Å². The second-order valence-corrected chi connectivity index (χ2v) is 7.99. The second kappa shape index (κ2) is 9.85. The highest BCUT2D eigenvalue weighted by molar-refractivity contribution is 8.02. The minimum Gasteiger partial charge on any atom is -0.497 e. The first-order chi connectivity index (χ1) is 14.6. The Bertz CT molecular complexity index is 949. The number of allylic oxidation sites excluding steroid dienone is 2. The molecule has 0 amide bonds. The monoisotopic (exact) mass is 426 g/mol. The molecule has 2 aromatic carbocycles. The average molecular weight is 427 g/mol. The van der Waals surface area contributed by atoms with Gasteiger partial charge >= 0.3 is 0 Å². The van der Waals surface area contributed by atoms with Gasteiger partial charge in [-0.15, -0.1) is 11.8 Å². The van der Waals surface area contributed by atoms with Crippen molar-refractivity contribution >= 4 is 29.4 Å². The average Bonchev–Trinajstić information content (AvgIpc) is 3.59. The lowest BCUT2D eigenvalue weighted by Crippen LogP contribution is -2.05. The van der Waals surface area contributed by atoms with E-state index in [1.807, 2.05) is 36.6 Å². The van der Waals surface area contributed by atoms with Crippen LogP contribution in [-0.4, -0.2) is 39.7 Å². The van der Waals surface area contributed by atoms with E-state index in [4.69, 9.17) is 14.2 Å². The van der Waals surface area contributed by atoms with Gasteiger partial charge < -0.3 is 14.2 Å². The Kier molecular flexibility index (Phi) is 7.21. The maximum absolute atomic E-state index is 12.9. The third kappa shape index (κ3) is 4.70. The van der Waals surface area contributed by atoms with Crippen LogP contribution in [0.5, 0.6) is 17.2 Å². The van der Waals surface area contributed by atoms with Gasteiger partial charge in [0, 0.05) is 22.8 Å². The number of thioether (sulfide) groups is 1. The standard InChI is InChI=1S/C24H26O5S/c1-27-17-8-5-15(6-9-17)18-12-19(18)21(26)13-24(30-4)20(14-25)16-7-10-22(28-2)23(11-16)29-3/h5-11,14,18-19H,12-13H2,1-4H3/b24-20-. The Balaban J connectivity index is 1.78. The minimum atomic E-state index is -0.00106. The molecular weight excluding hydrogens is 400 g/mol. The topological polar surface area (TPSA) is 61.8 Å². The summed E-state index contributed by atoms with van der Waals surface area (Å²) >= 11 is 1.44. The zero-order valence-corrected chi connectivity index (χ0v) is 18.5. The number of Topliss-reactive ketones (excluding diaryl/α,β-unsaturated/α-hetero) is 1. The molecule has 2 atom stereocenters. The van der Waals surface area contributed by atoms with Gasteiger partial charge in [-0.3, -0.25) is 9.59 Å². The summed E-state index contributed by atoms with van der Waals surface area (Å²) in [7, 11) is 4.75. The number of aldehydes is 1. The van der Waals surface area contributed by atoms with Crippen LogP contribution in [-0.2, 0) is 9.59 Å². The molecule has 5 nitrogen and oxygen atoms in total. The lowest BCUT2D eigenvalue weighted by molar-refractivity contribution is -0.119. The van der Waals surface area contributed by atoms with Crippen molar-refractivity contribution in [3.63, 3.8) is 0 Å². The van der Waals surface area contributed by atoms with Crippen molar-refractivity contribution in [1.29, 1.82) is 0 Å². The molecule has 0 heterocycles. The normalized spacial score (nSPS) is 18.3. The first kappa shape index (κ1) is 22.0. The Morgan fingerprint density at radius 3 is 2.30 bits per heavy atom. The van der Waals surface area contributed by atoms with Crippen LogP contribution < -0.4 is 14.2 Å². The number of carbonyl (C=O) groups excluding carboxylic acids is 2. The molecule has 1 aliphatic rings. The predicted octanol–water partition coefficient (Wildman–Crippen LogP) is 4.75. The van der Waals surface area contributed by atoms with Crippen molar-refractivity contribution < 1.29 is 23.8 Å². The molecule has 6 heteroatoms. The highest BCUT2D eigenvalue weighted by Crippen LogP contribution is 2.49. The minimum absolute atomic E-state index is 0.00106. The van der Waals surface area contributed by atoms with Gasteiger partial charge in [-0.1, -0.05) is 18.2 Å². The van der Waals surface area contributed by atoms with Crippen LogP contribution in [0.2, 0.25) is 0 Å². The SMILES string of the molecule is COc1ccc(C2CC2C(=O)C/C(SC)=C(\C=O)c2ccc(OC)c(OC)c2)cc1. The van der Waals surface area contributed by atoms with Crippen LogP contribution in [0.3, 0.4) is 0 Å². The third-order valence-corrected chi connectivity index (χ3v) is 6.30. The Labute approximate surface area is 181 Å². The van der Waals surface area contributed by atoms with E-state index in [2.05, 4.69) is 0 Å². The largest absolute Gasteiger partial charge is 0.497 e. The van der Waals surface area contributed by atoms with Gasteiger partial charge in [0.2, 0.25) is 0 Å². The van der Waals surface area contributed by atoms with Gasteiger partial charge in [-0.2, -0.15) is 0 Å². The first-order valence-electron chi connectivity index (χ1n) is 9.67. The van der Waals surface area contributed by atoms with Gasteiger partial charge in [0.15, 0.2) is 17.8 Å². The van der Waals surface area contributed by atoms with E-state index in [0.717, 1.165) is 28.9 Å². The second-order valence-electron chi connectivity index (χ2n) is 7.09. The van der Waals surface area contributed by atoms with E-state index in [0.29, 0.717) is 22.6 Å². The quantitative estimate of drug-likeness (QED) is 0.404. The van der Waals surface area contributed by atoms with E-state index >= 15 is 0 Å². The van der Waals surface area contributed by atoms with Gasteiger partial charge in [-0.25, -0.2) is 0 Å². The summed E-state index contributed by atoms with van der Waals surface area (Å²) in [5.41, 5.74) is 2.38. The number of rotatable bonds is 10. The van der Waals surface area contributed by atoms with Crippen LogP contribution in [0, 0.1) is 5.92 Å². The fourth-order valence-electron chi connectivity index (χ4n) is 3.64. The zero-order valence-electron chi connectivity index (χ0n) is 17.6. The van der Waals surface area contributed by atoms with Crippen molar-refractivity contribution in [2.45, 2.75) is 18.8 Å². The number of methoxy groups -OCH3 is 3. The molecule has 0 radical (unpaired) electrons.